The number of rotatable bonds is 15. The fourth-order valence-electron chi connectivity index (χ4n) is 7.55. The van der Waals surface area contributed by atoms with Crippen molar-refractivity contribution < 1.29 is 25.7 Å². The first-order valence-corrected chi connectivity index (χ1v) is 24.8. The van der Waals surface area contributed by atoms with Crippen molar-refractivity contribution >= 4 is 102 Å². The summed E-state index contributed by atoms with van der Waals surface area (Å²) >= 11 is 34.8. The van der Waals surface area contributed by atoms with E-state index in [1.807, 2.05) is 0 Å². The van der Waals surface area contributed by atoms with Gasteiger partial charge in [-0.3, -0.25) is 14.4 Å². The van der Waals surface area contributed by atoms with Crippen LogP contribution in [-0.2, 0) is 0 Å². The lowest BCUT2D eigenvalue weighted by atomic mass is 10.0. The molecule has 0 atom stereocenters. The monoisotopic (exact) mass is 1060 g/mol. The van der Waals surface area contributed by atoms with Gasteiger partial charge in [0.1, 0.15) is 16.7 Å². The minimum atomic E-state index is -4.20. The van der Waals surface area contributed by atoms with Crippen LogP contribution in [0.4, 0.5) is 0 Å². The van der Waals surface area contributed by atoms with Gasteiger partial charge in [-0.05, 0) is 75.4 Å². The Hall–Kier alpha value is -6.37. The topological polar surface area (TPSA) is 132 Å². The molecule has 3 heterocycles. The zero-order valence-electron chi connectivity index (χ0n) is 36.8. The molecule has 0 unspecified atom stereocenters. The van der Waals surface area contributed by atoms with Crippen molar-refractivity contribution in [2.75, 3.05) is 0 Å². The van der Waals surface area contributed by atoms with Crippen molar-refractivity contribution in [3.8, 4) is 34.7 Å². The van der Waals surface area contributed by atoms with Crippen molar-refractivity contribution in [1.29, 1.82) is 0 Å². The van der Waals surface area contributed by atoms with Gasteiger partial charge in [0.2, 0.25) is 0 Å². The smallest absolute Gasteiger partial charge is 0.563 e. The van der Waals surface area contributed by atoms with E-state index in [4.69, 9.17) is 96.3 Å². The van der Waals surface area contributed by atoms with Gasteiger partial charge in [0.05, 0.1) is 64.3 Å². The van der Waals surface area contributed by atoms with Crippen LogP contribution in [0.2, 0.25) is 30.1 Å². The Morgan fingerprint density at radius 2 is 0.643 bits per heavy atom. The maximum atomic E-state index is 14.7. The zero-order valence-corrected chi connectivity index (χ0v) is 42.5. The first-order valence-electron chi connectivity index (χ1n) is 21.1. The molecule has 0 radical (unpaired) electrons. The van der Waals surface area contributed by atoms with E-state index >= 15 is 0 Å². The van der Waals surface area contributed by atoms with Crippen LogP contribution in [-0.4, -0.2) is 61.8 Å². The van der Waals surface area contributed by atoms with Crippen molar-refractivity contribution in [3.63, 3.8) is 0 Å². The second-order valence-corrected chi connectivity index (χ2v) is 19.3. The highest BCUT2D eigenvalue weighted by Gasteiger charge is 2.51. The van der Waals surface area contributed by atoms with Crippen molar-refractivity contribution in [1.82, 2.24) is 29.3 Å². The Morgan fingerprint density at radius 1 is 0.386 bits per heavy atom. The maximum absolute atomic E-state index is 14.7. The van der Waals surface area contributed by atoms with Gasteiger partial charge in [-0.1, -0.05) is 161 Å². The lowest BCUT2D eigenvalue weighted by Gasteiger charge is -2.21. The summed E-state index contributed by atoms with van der Waals surface area (Å²) in [6.45, 7) is 4.94. The zero-order chi connectivity index (χ0) is 49.4. The largest absolute Gasteiger partial charge is 1.20 e. The normalized spacial score (nSPS) is 11.1. The Bertz CT molecular complexity index is 3130. The number of halogens is 6. The molecule has 0 spiro atoms. The van der Waals surface area contributed by atoms with E-state index in [2.05, 4.69) is 0 Å². The number of carbonyl (C=O) groups excluding carboxylic acids is 3. The second kappa shape index (κ2) is 20.5. The van der Waals surface area contributed by atoms with E-state index in [0.29, 0.717) is 33.8 Å². The van der Waals surface area contributed by atoms with Crippen molar-refractivity contribution in [2.24, 2.45) is 0 Å². The standard InChI is InChI=1S/3C17H12Cl2N2O2.Al/c3*1-10-15(16(22)11-5-3-2-4-6-11)17(23)21(20-10)12-7-8-13(18)14(19)9-12;/h3*2-9,23H,1H3;/q;;;+3/p-3. The molecule has 9 rings (SSSR count). The van der Waals surface area contributed by atoms with E-state index in [0.717, 1.165) is 0 Å². The van der Waals surface area contributed by atoms with Gasteiger partial charge in [0.25, 0.3) is 0 Å². The quantitative estimate of drug-likeness (QED) is 0.0727. The molecule has 3 aromatic heterocycles. The summed E-state index contributed by atoms with van der Waals surface area (Å²) in [7, 11) is 0. The molecule has 0 bridgehead atoms. The van der Waals surface area contributed by atoms with E-state index in [1.54, 1.807) is 166 Å². The molecule has 9 aromatic rings. The molecule has 0 saturated carbocycles. The summed E-state index contributed by atoms with van der Waals surface area (Å²) in [5.41, 5.74) is 2.88. The third-order valence-electron chi connectivity index (χ3n) is 10.9. The molecule has 0 aliphatic carbocycles. The van der Waals surface area contributed by atoms with Crippen molar-refractivity contribution in [3.05, 3.63) is 226 Å². The van der Waals surface area contributed by atoms with Crippen LogP contribution in [0.15, 0.2) is 146 Å². The van der Waals surface area contributed by atoms with Crippen LogP contribution in [0.5, 0.6) is 17.6 Å². The molecule has 0 amide bonds. The summed E-state index contributed by atoms with van der Waals surface area (Å²) in [6, 6.07) is 39.9. The van der Waals surface area contributed by atoms with Gasteiger partial charge >= 0.3 is 15.1 Å². The molecule has 0 aliphatic rings. The molecular weight excluding hydrogens is 1030 g/mol. The number of carbonyl (C=O) groups is 3. The fourth-order valence-corrected chi connectivity index (χ4v) is 9.77. The number of hydrogen-bond acceptors (Lipinski definition) is 9. The van der Waals surface area contributed by atoms with E-state index in [-0.39, 0.29) is 81.5 Å². The predicted molar refractivity (Wildman–Crippen MR) is 272 cm³/mol. The highest BCUT2D eigenvalue weighted by molar-refractivity contribution is 6.43. The van der Waals surface area contributed by atoms with Crippen molar-refractivity contribution in [2.45, 2.75) is 20.8 Å². The summed E-state index contributed by atoms with van der Waals surface area (Å²) in [4.78, 5) is 44.2. The molecule has 12 nitrogen and oxygen atoms in total. The molecule has 0 N–H and O–H groups in total. The average molecular weight is 1070 g/mol. The number of aryl methyl sites for hydroxylation is 3. The van der Waals surface area contributed by atoms with Gasteiger partial charge in [-0.15, -0.1) is 0 Å². The second-order valence-electron chi connectivity index (χ2n) is 15.6. The van der Waals surface area contributed by atoms with Gasteiger partial charge in [-0.2, -0.15) is 15.3 Å². The van der Waals surface area contributed by atoms with Crippen LogP contribution in [0.3, 0.4) is 0 Å². The van der Waals surface area contributed by atoms with Crippen LogP contribution in [0, 0.1) is 20.8 Å². The molecule has 0 fully saturated rings. The van der Waals surface area contributed by atoms with E-state index in [1.165, 1.54) is 14.0 Å². The summed E-state index contributed by atoms with van der Waals surface area (Å²) in [6.07, 6.45) is 0. The van der Waals surface area contributed by atoms with Crippen LogP contribution in [0.25, 0.3) is 17.1 Å². The third-order valence-corrected chi connectivity index (χ3v) is 14.4. The molecule has 19 heteroatoms. The highest BCUT2D eigenvalue weighted by atomic mass is 35.5. The number of benzene rings is 6. The molecular formula is C51H33AlCl6N6O6. The highest BCUT2D eigenvalue weighted by Crippen LogP contribution is 2.38. The number of aromatic nitrogens is 6. The summed E-state index contributed by atoms with van der Waals surface area (Å²) < 4.78 is 25.2. The molecule has 6 aromatic carbocycles. The number of ketones is 3. The molecule has 0 aliphatic heterocycles. The van der Waals surface area contributed by atoms with Gasteiger partial charge < -0.3 is 11.4 Å². The SMILES string of the molecule is Cc1nn(-c2ccc(Cl)c(Cl)c2)c([O][Al]([O]c2c(C(=O)c3ccccc3)c(C)nn2-c2ccc(Cl)c(Cl)c2)[O]c2c(C(=O)c3ccccc3)c(C)nn2-c2ccc(Cl)c(Cl)c2)c1C(=O)c1ccccc1. The maximum Gasteiger partial charge on any atom is 1.20 e. The average Bonchev–Trinajstić information content (AvgIpc) is 3.99. The van der Waals surface area contributed by atoms with E-state index in [9.17, 15) is 14.4 Å². The lowest BCUT2D eigenvalue weighted by Crippen LogP contribution is -2.40. The lowest BCUT2D eigenvalue weighted by molar-refractivity contribution is 0.102. The Morgan fingerprint density at radius 3 is 0.886 bits per heavy atom. The van der Waals surface area contributed by atoms with Gasteiger partial charge in [0, 0.05) is 16.7 Å². The molecule has 348 valence electrons. The first kappa shape index (κ1) is 48.6. The third kappa shape index (κ3) is 9.73. The molecule has 70 heavy (non-hydrogen) atoms. The minimum Gasteiger partial charge on any atom is -0.563 e. The Labute approximate surface area is 435 Å². The van der Waals surface area contributed by atoms with Crippen LogP contribution >= 0.6 is 69.6 Å². The number of hydrogen-bond donors (Lipinski definition) is 0. The van der Waals surface area contributed by atoms with Crippen LogP contribution in [0.1, 0.15) is 64.8 Å². The first-order chi connectivity index (χ1) is 33.7. The predicted octanol–water partition coefficient (Wildman–Crippen LogP) is 13.3. The van der Waals surface area contributed by atoms with Gasteiger partial charge in [-0.25, -0.2) is 14.0 Å². The van der Waals surface area contributed by atoms with Crippen LogP contribution < -0.4 is 11.4 Å². The Balaban J connectivity index is 1.32. The van der Waals surface area contributed by atoms with E-state index < -0.39 is 32.5 Å². The van der Waals surface area contributed by atoms with Gasteiger partial charge in [0.15, 0.2) is 35.0 Å². The minimum absolute atomic E-state index is 0.0338. The summed E-state index contributed by atoms with van der Waals surface area (Å²) in [5, 5.41) is 15.7. The fraction of sp³-hybridized carbons (Fsp3) is 0.0588. The molecule has 0 saturated heterocycles. The number of nitrogens with zero attached hydrogens (tertiary/aromatic N) is 6. The Kier molecular flexibility index (Phi) is 14.3. The summed E-state index contributed by atoms with van der Waals surface area (Å²) in [5.74, 6) is -1.78.